The largest absolute Gasteiger partial charge is 0.379 e. The maximum atomic E-state index is 11.8. The lowest BCUT2D eigenvalue weighted by Gasteiger charge is -2.06. The topological polar surface area (TPSA) is 12.0 Å². The Bertz CT molecular complexity index is 266. The number of hydrogen-bond donors (Lipinski definition) is 1. The lowest BCUT2D eigenvalue weighted by atomic mass is 10.2. The fourth-order valence-electron chi connectivity index (χ4n) is 0.959. The van der Waals surface area contributed by atoms with Gasteiger partial charge >= 0.3 is 0 Å². The number of alkyl halides is 3. The number of benzene rings is 1. The van der Waals surface area contributed by atoms with E-state index < -0.39 is 6.43 Å². The molecule has 1 aromatic carbocycles. The van der Waals surface area contributed by atoms with E-state index >= 15 is 0 Å². The molecule has 0 heterocycles. The van der Waals surface area contributed by atoms with Gasteiger partial charge in [-0.2, -0.15) is 0 Å². The van der Waals surface area contributed by atoms with E-state index in [2.05, 4.69) is 5.32 Å². The second-order valence-electron chi connectivity index (χ2n) is 2.61. The zero-order chi connectivity index (χ0) is 9.68. The molecule has 0 atom stereocenters. The number of rotatable bonds is 4. The van der Waals surface area contributed by atoms with Crippen LogP contribution in [0.1, 0.15) is 5.56 Å². The van der Waals surface area contributed by atoms with Crippen molar-refractivity contribution in [1.82, 2.24) is 0 Å². The highest BCUT2D eigenvalue weighted by molar-refractivity contribution is 6.17. The van der Waals surface area contributed by atoms with Crippen molar-refractivity contribution in [2.75, 3.05) is 11.9 Å². The Labute approximate surface area is 80.7 Å². The van der Waals surface area contributed by atoms with Gasteiger partial charge in [-0.25, -0.2) is 8.78 Å². The molecule has 0 aliphatic carbocycles. The first-order valence-corrected chi connectivity index (χ1v) is 4.42. The van der Waals surface area contributed by atoms with Crippen molar-refractivity contribution in [3.63, 3.8) is 0 Å². The lowest BCUT2D eigenvalue weighted by molar-refractivity contribution is 0.163. The molecule has 0 aliphatic heterocycles. The first-order valence-electron chi connectivity index (χ1n) is 3.89. The SMILES string of the molecule is FC(F)CNc1cccc(CCl)c1. The van der Waals surface area contributed by atoms with E-state index in [1.54, 1.807) is 18.2 Å². The van der Waals surface area contributed by atoms with Gasteiger partial charge in [-0.05, 0) is 17.7 Å². The third-order valence-corrected chi connectivity index (χ3v) is 1.85. The minimum Gasteiger partial charge on any atom is -0.379 e. The number of nitrogens with one attached hydrogen (secondary N) is 1. The van der Waals surface area contributed by atoms with Crippen LogP contribution in [0.15, 0.2) is 24.3 Å². The first-order chi connectivity index (χ1) is 6.22. The Kier molecular flexibility index (Phi) is 3.96. The fourth-order valence-corrected chi connectivity index (χ4v) is 1.13. The van der Waals surface area contributed by atoms with Crippen LogP contribution in [0.2, 0.25) is 0 Å². The van der Waals surface area contributed by atoms with Crippen LogP contribution in [-0.4, -0.2) is 13.0 Å². The van der Waals surface area contributed by atoms with Crippen molar-refractivity contribution >= 4 is 17.3 Å². The summed E-state index contributed by atoms with van der Waals surface area (Å²) < 4.78 is 23.6. The van der Waals surface area contributed by atoms with Gasteiger partial charge < -0.3 is 5.32 Å². The number of hydrogen-bond acceptors (Lipinski definition) is 1. The molecule has 1 N–H and O–H groups in total. The van der Waals surface area contributed by atoms with Gasteiger partial charge in [-0.1, -0.05) is 12.1 Å². The summed E-state index contributed by atoms with van der Waals surface area (Å²) in [6, 6.07) is 7.12. The summed E-state index contributed by atoms with van der Waals surface area (Å²) in [5.41, 5.74) is 1.60. The molecule has 0 saturated carbocycles. The molecule has 0 saturated heterocycles. The maximum absolute atomic E-state index is 11.8. The van der Waals surface area contributed by atoms with Gasteiger partial charge in [-0.15, -0.1) is 11.6 Å². The van der Waals surface area contributed by atoms with Gasteiger partial charge in [-0.3, -0.25) is 0 Å². The minimum absolute atomic E-state index is 0.328. The van der Waals surface area contributed by atoms with Crippen molar-refractivity contribution in [2.45, 2.75) is 12.3 Å². The van der Waals surface area contributed by atoms with Gasteiger partial charge in [0.1, 0.15) is 0 Å². The van der Waals surface area contributed by atoms with E-state index in [4.69, 9.17) is 11.6 Å². The third kappa shape index (κ3) is 3.59. The van der Waals surface area contributed by atoms with Crippen LogP contribution in [-0.2, 0) is 5.88 Å². The van der Waals surface area contributed by atoms with Crippen LogP contribution in [0.4, 0.5) is 14.5 Å². The van der Waals surface area contributed by atoms with Crippen LogP contribution < -0.4 is 5.32 Å². The molecule has 0 fully saturated rings. The zero-order valence-electron chi connectivity index (χ0n) is 6.93. The van der Waals surface area contributed by atoms with Gasteiger partial charge in [0.25, 0.3) is 6.43 Å². The van der Waals surface area contributed by atoms with E-state index in [0.717, 1.165) is 5.56 Å². The van der Waals surface area contributed by atoms with Gasteiger partial charge in [0.15, 0.2) is 0 Å². The maximum Gasteiger partial charge on any atom is 0.255 e. The molecule has 72 valence electrons. The molecular formula is C9H10ClF2N. The number of halogens is 3. The minimum atomic E-state index is -2.33. The summed E-state index contributed by atoms with van der Waals surface area (Å²) in [5, 5.41) is 2.61. The van der Waals surface area contributed by atoms with Crippen molar-refractivity contribution in [3.05, 3.63) is 29.8 Å². The summed E-state index contributed by atoms with van der Waals surface area (Å²) >= 11 is 5.59. The van der Waals surface area contributed by atoms with Crippen LogP contribution in [0, 0.1) is 0 Å². The van der Waals surface area contributed by atoms with Crippen LogP contribution >= 0.6 is 11.6 Å². The average Bonchev–Trinajstić information content (AvgIpc) is 2.15. The van der Waals surface area contributed by atoms with Crippen molar-refractivity contribution in [2.24, 2.45) is 0 Å². The van der Waals surface area contributed by atoms with E-state index in [0.29, 0.717) is 11.6 Å². The van der Waals surface area contributed by atoms with Crippen LogP contribution in [0.5, 0.6) is 0 Å². The van der Waals surface area contributed by atoms with E-state index in [9.17, 15) is 8.78 Å². The molecule has 0 aromatic heterocycles. The normalized spacial score (nSPS) is 10.5. The van der Waals surface area contributed by atoms with Gasteiger partial charge in [0.05, 0.1) is 6.54 Å². The van der Waals surface area contributed by atoms with Crippen LogP contribution in [0.25, 0.3) is 0 Å². The smallest absolute Gasteiger partial charge is 0.255 e. The molecule has 0 radical (unpaired) electrons. The quantitative estimate of drug-likeness (QED) is 0.745. The highest BCUT2D eigenvalue weighted by atomic mass is 35.5. The summed E-state index contributed by atoms with van der Waals surface area (Å²) in [6.07, 6.45) is -2.33. The Morgan fingerprint density at radius 2 is 2.15 bits per heavy atom. The molecule has 4 heteroatoms. The molecule has 13 heavy (non-hydrogen) atoms. The summed E-state index contributed by atoms with van der Waals surface area (Å²) in [5.74, 6) is 0.393. The lowest BCUT2D eigenvalue weighted by Crippen LogP contribution is -2.10. The molecule has 0 bridgehead atoms. The summed E-state index contributed by atoms with van der Waals surface area (Å²) in [7, 11) is 0. The standard InChI is InChI=1S/C9H10ClF2N/c10-5-7-2-1-3-8(4-7)13-6-9(11)12/h1-4,9,13H,5-6H2. The predicted molar refractivity (Wildman–Crippen MR) is 50.5 cm³/mol. The molecule has 1 aromatic rings. The average molecular weight is 206 g/mol. The Morgan fingerprint density at radius 3 is 2.77 bits per heavy atom. The first kappa shape index (κ1) is 10.3. The van der Waals surface area contributed by atoms with E-state index in [-0.39, 0.29) is 6.54 Å². The molecule has 0 amide bonds. The van der Waals surface area contributed by atoms with Gasteiger partial charge in [0, 0.05) is 11.6 Å². The molecule has 1 nitrogen and oxygen atoms in total. The molecule has 1 rings (SSSR count). The Hall–Kier alpha value is -0.830. The molecular weight excluding hydrogens is 196 g/mol. The van der Waals surface area contributed by atoms with E-state index in [1.165, 1.54) is 0 Å². The zero-order valence-corrected chi connectivity index (χ0v) is 7.69. The monoisotopic (exact) mass is 205 g/mol. The van der Waals surface area contributed by atoms with Crippen LogP contribution in [0.3, 0.4) is 0 Å². The second kappa shape index (κ2) is 5.02. The predicted octanol–water partition coefficient (Wildman–Crippen LogP) is 3.10. The van der Waals surface area contributed by atoms with Crippen molar-refractivity contribution < 1.29 is 8.78 Å². The molecule has 0 spiro atoms. The highest BCUT2D eigenvalue weighted by Gasteiger charge is 2.01. The molecule has 0 unspecified atom stereocenters. The van der Waals surface area contributed by atoms with E-state index in [1.807, 2.05) is 6.07 Å². The Morgan fingerprint density at radius 1 is 1.38 bits per heavy atom. The van der Waals surface area contributed by atoms with Gasteiger partial charge in [0.2, 0.25) is 0 Å². The Balaban J connectivity index is 2.56. The summed E-state index contributed by atoms with van der Waals surface area (Å²) in [4.78, 5) is 0. The molecule has 0 aliphatic rings. The van der Waals surface area contributed by atoms with Crippen molar-refractivity contribution in [3.8, 4) is 0 Å². The summed E-state index contributed by atoms with van der Waals surface area (Å²) in [6.45, 7) is -0.328. The third-order valence-electron chi connectivity index (χ3n) is 1.54. The second-order valence-corrected chi connectivity index (χ2v) is 2.87. The number of anilines is 1. The van der Waals surface area contributed by atoms with Crippen molar-refractivity contribution in [1.29, 1.82) is 0 Å². The fraction of sp³-hybridized carbons (Fsp3) is 0.333. The highest BCUT2D eigenvalue weighted by Crippen LogP contribution is 2.12.